The van der Waals surface area contributed by atoms with Gasteiger partial charge in [0, 0.05) is 39.2 Å². The van der Waals surface area contributed by atoms with Gasteiger partial charge >= 0.3 is 0 Å². The number of fused-ring (bicyclic) bond motifs is 2. The van der Waals surface area contributed by atoms with Crippen molar-refractivity contribution < 1.29 is 0 Å². The number of rotatable bonds is 3. The maximum atomic E-state index is 6.17. The fraction of sp³-hybridized carbons (Fsp3) is 0.0500. The van der Waals surface area contributed by atoms with Crippen molar-refractivity contribution in [2.45, 2.75) is 0 Å². The molecule has 124 valence electrons. The van der Waals surface area contributed by atoms with E-state index in [0.29, 0.717) is 10.0 Å². The maximum Gasteiger partial charge on any atom is 0.0732 e. The van der Waals surface area contributed by atoms with Crippen LogP contribution in [0.3, 0.4) is 0 Å². The average Bonchev–Trinajstić information content (AvgIpc) is 2.62. The predicted molar refractivity (Wildman–Crippen MR) is 109 cm³/mol. The number of hydrogen-bond donors (Lipinski definition) is 2. The highest BCUT2D eigenvalue weighted by atomic mass is 35.5. The van der Waals surface area contributed by atoms with E-state index < -0.39 is 0 Å². The Kier molecular flexibility index (Phi) is 4.12. The summed E-state index contributed by atoms with van der Waals surface area (Å²) < 4.78 is 0. The molecule has 0 unspecified atom stereocenters. The molecule has 0 atom stereocenters. The van der Waals surface area contributed by atoms with Crippen LogP contribution >= 0.6 is 23.2 Å². The van der Waals surface area contributed by atoms with Gasteiger partial charge in [-0.15, -0.1) is 0 Å². The minimum Gasteiger partial charge on any atom is -0.387 e. The number of benzene rings is 3. The average molecular weight is 368 g/mol. The summed E-state index contributed by atoms with van der Waals surface area (Å²) in [6.45, 7) is 0. The first kappa shape index (κ1) is 16.0. The molecule has 3 nitrogen and oxygen atoms in total. The lowest BCUT2D eigenvalue weighted by Gasteiger charge is -2.13. The lowest BCUT2D eigenvalue weighted by molar-refractivity contribution is 1.47. The molecule has 4 aromatic rings. The van der Waals surface area contributed by atoms with E-state index in [1.807, 2.05) is 61.6 Å². The first-order chi connectivity index (χ1) is 12.1. The zero-order valence-electron chi connectivity index (χ0n) is 13.5. The molecule has 3 aromatic carbocycles. The van der Waals surface area contributed by atoms with Crippen LogP contribution in [-0.2, 0) is 0 Å². The summed E-state index contributed by atoms with van der Waals surface area (Å²) in [4.78, 5) is 4.74. The van der Waals surface area contributed by atoms with Gasteiger partial charge in [-0.1, -0.05) is 23.2 Å². The molecule has 0 aliphatic carbocycles. The Labute approximate surface area is 155 Å². The minimum absolute atomic E-state index is 0.695. The summed E-state index contributed by atoms with van der Waals surface area (Å²) in [6, 6.07) is 19.5. The molecular weight excluding hydrogens is 353 g/mol. The molecule has 0 saturated carbocycles. The zero-order chi connectivity index (χ0) is 17.4. The van der Waals surface area contributed by atoms with E-state index in [2.05, 4.69) is 16.7 Å². The van der Waals surface area contributed by atoms with Crippen LogP contribution in [0.4, 0.5) is 17.1 Å². The largest absolute Gasteiger partial charge is 0.387 e. The van der Waals surface area contributed by atoms with Crippen LogP contribution in [0.2, 0.25) is 10.0 Å². The molecule has 2 N–H and O–H groups in total. The fourth-order valence-corrected chi connectivity index (χ4v) is 3.26. The van der Waals surface area contributed by atoms with Crippen LogP contribution in [-0.4, -0.2) is 12.0 Å². The van der Waals surface area contributed by atoms with Crippen molar-refractivity contribution in [3.05, 3.63) is 70.7 Å². The predicted octanol–water partition coefficient (Wildman–Crippen LogP) is 6.48. The highest BCUT2D eigenvalue weighted by molar-refractivity contribution is 6.31. The van der Waals surface area contributed by atoms with Crippen molar-refractivity contribution in [3.8, 4) is 0 Å². The third-order valence-electron chi connectivity index (χ3n) is 4.12. The maximum absolute atomic E-state index is 6.17. The Hall–Kier alpha value is -2.49. The summed E-state index contributed by atoms with van der Waals surface area (Å²) in [7, 11) is 1.91. The number of pyridine rings is 1. The molecule has 4 rings (SSSR count). The topological polar surface area (TPSA) is 37.0 Å². The summed E-state index contributed by atoms with van der Waals surface area (Å²) in [5, 5.41) is 10.1. The molecule has 0 spiro atoms. The molecule has 0 radical (unpaired) electrons. The normalized spacial score (nSPS) is 11.0. The number of nitrogens with one attached hydrogen (secondary N) is 2. The molecule has 0 aliphatic rings. The van der Waals surface area contributed by atoms with Gasteiger partial charge in [-0.05, 0) is 60.7 Å². The van der Waals surface area contributed by atoms with Gasteiger partial charge in [0.05, 0.1) is 16.7 Å². The first-order valence-corrected chi connectivity index (χ1v) is 8.63. The smallest absolute Gasteiger partial charge is 0.0732 e. The molecule has 0 aliphatic heterocycles. The van der Waals surface area contributed by atoms with E-state index in [1.54, 1.807) is 0 Å². The van der Waals surface area contributed by atoms with E-state index in [0.717, 1.165) is 38.9 Å². The van der Waals surface area contributed by atoms with Crippen molar-refractivity contribution in [2.75, 3.05) is 17.7 Å². The SMILES string of the molecule is CNc1c2cc(Cl)ccc2nc2ccc(Nc3ccc(Cl)cc3)cc12. The number of halogens is 2. The second-order valence-electron chi connectivity index (χ2n) is 5.76. The highest BCUT2D eigenvalue weighted by Gasteiger charge is 2.09. The Balaban J connectivity index is 1.86. The van der Waals surface area contributed by atoms with Crippen LogP contribution < -0.4 is 10.6 Å². The number of hydrogen-bond acceptors (Lipinski definition) is 3. The van der Waals surface area contributed by atoms with Gasteiger partial charge in [-0.3, -0.25) is 0 Å². The second-order valence-corrected chi connectivity index (χ2v) is 6.63. The third kappa shape index (κ3) is 3.09. The van der Waals surface area contributed by atoms with Crippen LogP contribution in [0, 0.1) is 0 Å². The molecule has 0 saturated heterocycles. The van der Waals surface area contributed by atoms with Gasteiger partial charge in [0.1, 0.15) is 0 Å². The second kappa shape index (κ2) is 6.43. The van der Waals surface area contributed by atoms with Crippen molar-refractivity contribution >= 4 is 62.1 Å². The lowest BCUT2D eigenvalue weighted by atomic mass is 10.1. The minimum atomic E-state index is 0.695. The standard InChI is InChI=1S/C20H15Cl2N3/c1-23-20-16-10-13(22)4-8-18(16)25-19-9-7-15(11-17(19)20)24-14-5-2-12(21)3-6-14/h2-11,24H,1H3,(H,23,25). The number of anilines is 3. The Morgan fingerprint density at radius 1 is 0.720 bits per heavy atom. The summed E-state index contributed by atoms with van der Waals surface area (Å²) in [5.41, 5.74) is 4.82. The molecule has 1 heterocycles. The lowest BCUT2D eigenvalue weighted by Crippen LogP contribution is -1.96. The number of aromatic nitrogens is 1. The van der Waals surface area contributed by atoms with E-state index >= 15 is 0 Å². The summed E-state index contributed by atoms with van der Waals surface area (Å²) >= 11 is 12.1. The quantitative estimate of drug-likeness (QED) is 0.406. The summed E-state index contributed by atoms with van der Waals surface area (Å²) in [5.74, 6) is 0. The van der Waals surface area contributed by atoms with Crippen LogP contribution in [0.25, 0.3) is 21.8 Å². The van der Waals surface area contributed by atoms with Gasteiger partial charge < -0.3 is 10.6 Å². The van der Waals surface area contributed by atoms with Gasteiger partial charge in [0.25, 0.3) is 0 Å². The van der Waals surface area contributed by atoms with Gasteiger partial charge in [-0.2, -0.15) is 0 Å². The molecule has 1 aromatic heterocycles. The van der Waals surface area contributed by atoms with E-state index in [-0.39, 0.29) is 0 Å². The Morgan fingerprint density at radius 2 is 1.32 bits per heavy atom. The molecule has 5 heteroatoms. The van der Waals surface area contributed by atoms with Crippen molar-refractivity contribution in [1.29, 1.82) is 0 Å². The molecule has 25 heavy (non-hydrogen) atoms. The monoisotopic (exact) mass is 367 g/mol. The van der Waals surface area contributed by atoms with Crippen LogP contribution in [0.15, 0.2) is 60.7 Å². The van der Waals surface area contributed by atoms with Gasteiger partial charge in [0.15, 0.2) is 0 Å². The van der Waals surface area contributed by atoms with Crippen molar-refractivity contribution in [2.24, 2.45) is 0 Å². The molecule has 0 fully saturated rings. The Bertz CT molecular complexity index is 1080. The van der Waals surface area contributed by atoms with E-state index in [9.17, 15) is 0 Å². The van der Waals surface area contributed by atoms with Crippen molar-refractivity contribution in [3.63, 3.8) is 0 Å². The third-order valence-corrected chi connectivity index (χ3v) is 4.60. The van der Waals surface area contributed by atoms with Crippen LogP contribution in [0.1, 0.15) is 0 Å². The molecule has 0 bridgehead atoms. The zero-order valence-corrected chi connectivity index (χ0v) is 15.0. The first-order valence-electron chi connectivity index (χ1n) is 7.87. The molecule has 0 amide bonds. The highest BCUT2D eigenvalue weighted by Crippen LogP contribution is 2.34. The van der Waals surface area contributed by atoms with Gasteiger partial charge in [-0.25, -0.2) is 4.98 Å². The fourth-order valence-electron chi connectivity index (χ4n) is 2.96. The van der Waals surface area contributed by atoms with E-state index in [4.69, 9.17) is 28.2 Å². The van der Waals surface area contributed by atoms with Crippen molar-refractivity contribution in [1.82, 2.24) is 4.98 Å². The Morgan fingerprint density at radius 3 is 2.04 bits per heavy atom. The van der Waals surface area contributed by atoms with E-state index in [1.165, 1.54) is 0 Å². The summed E-state index contributed by atoms with van der Waals surface area (Å²) in [6.07, 6.45) is 0. The van der Waals surface area contributed by atoms with Gasteiger partial charge in [0.2, 0.25) is 0 Å². The van der Waals surface area contributed by atoms with Crippen LogP contribution in [0.5, 0.6) is 0 Å². The number of nitrogens with zero attached hydrogens (tertiary/aromatic N) is 1. The molecular formula is C20H15Cl2N3.